The van der Waals surface area contributed by atoms with Gasteiger partial charge in [-0.3, -0.25) is 0 Å². The third-order valence-corrected chi connectivity index (χ3v) is 5.03. The summed E-state index contributed by atoms with van der Waals surface area (Å²) in [5.41, 5.74) is 4.22. The molecule has 4 rings (SSSR count). The summed E-state index contributed by atoms with van der Waals surface area (Å²) in [5, 5.41) is 15.5. The number of nitrogens with one attached hydrogen (secondary N) is 1. The minimum atomic E-state index is -0.304. The lowest BCUT2D eigenvalue weighted by molar-refractivity contribution is 0.411. The number of benzene rings is 2. The number of hydrogen-bond acceptors (Lipinski definition) is 5. The molecule has 5 heteroatoms. The maximum absolute atomic E-state index is 11.1. The van der Waals surface area contributed by atoms with E-state index in [1.54, 1.807) is 13.3 Å². The number of pyridine rings is 2. The zero-order chi connectivity index (χ0) is 20.4. The minimum Gasteiger partial charge on any atom is -0.505 e. The number of phenols is 1. The van der Waals surface area contributed by atoms with Crippen molar-refractivity contribution in [2.45, 2.75) is 19.9 Å². The largest absolute Gasteiger partial charge is 0.505 e. The van der Waals surface area contributed by atoms with E-state index >= 15 is 0 Å². The zero-order valence-corrected chi connectivity index (χ0v) is 16.7. The first-order chi connectivity index (χ1) is 14.1. The molecule has 1 unspecified atom stereocenters. The van der Waals surface area contributed by atoms with Crippen molar-refractivity contribution in [2.75, 3.05) is 12.4 Å². The molecule has 4 aromatic rings. The number of nitrogens with zero attached hydrogens (tertiary/aromatic N) is 2. The van der Waals surface area contributed by atoms with Gasteiger partial charge in [-0.1, -0.05) is 30.3 Å². The van der Waals surface area contributed by atoms with E-state index in [1.165, 1.54) is 0 Å². The van der Waals surface area contributed by atoms with Gasteiger partial charge in [0.2, 0.25) is 0 Å². The Morgan fingerprint density at radius 1 is 1.00 bits per heavy atom. The van der Waals surface area contributed by atoms with Crippen LogP contribution in [0.5, 0.6) is 11.5 Å². The van der Waals surface area contributed by atoms with E-state index in [1.807, 2.05) is 68.4 Å². The van der Waals surface area contributed by atoms with E-state index in [2.05, 4.69) is 21.4 Å². The molecule has 2 aromatic carbocycles. The molecule has 0 bridgehead atoms. The summed E-state index contributed by atoms with van der Waals surface area (Å²) in [4.78, 5) is 8.95. The second-order valence-electron chi connectivity index (χ2n) is 7.05. The van der Waals surface area contributed by atoms with Gasteiger partial charge in [0, 0.05) is 22.8 Å². The van der Waals surface area contributed by atoms with E-state index in [0.29, 0.717) is 5.52 Å². The van der Waals surface area contributed by atoms with Crippen LogP contribution in [0.25, 0.3) is 10.9 Å². The second kappa shape index (κ2) is 7.80. The number of methoxy groups -OCH3 is 1. The third kappa shape index (κ3) is 3.72. The van der Waals surface area contributed by atoms with Crippen molar-refractivity contribution < 1.29 is 9.84 Å². The molecule has 2 aromatic heterocycles. The molecule has 2 heterocycles. The topological polar surface area (TPSA) is 67.3 Å². The van der Waals surface area contributed by atoms with Crippen LogP contribution in [0.15, 0.2) is 66.9 Å². The summed E-state index contributed by atoms with van der Waals surface area (Å²) in [6.07, 6.45) is 1.74. The maximum atomic E-state index is 11.1. The number of rotatable bonds is 5. The summed E-state index contributed by atoms with van der Waals surface area (Å²) in [7, 11) is 1.66. The Hall–Kier alpha value is -3.60. The Kier molecular flexibility index (Phi) is 5.04. The molecule has 0 aliphatic carbocycles. The fourth-order valence-corrected chi connectivity index (χ4v) is 3.54. The zero-order valence-electron chi connectivity index (χ0n) is 16.7. The van der Waals surface area contributed by atoms with E-state index in [-0.39, 0.29) is 11.8 Å². The summed E-state index contributed by atoms with van der Waals surface area (Å²) in [5.74, 6) is 1.72. The van der Waals surface area contributed by atoms with Gasteiger partial charge in [-0.05, 0) is 55.3 Å². The van der Waals surface area contributed by atoms with Gasteiger partial charge < -0.3 is 15.2 Å². The van der Waals surface area contributed by atoms with Crippen LogP contribution in [0.3, 0.4) is 0 Å². The smallest absolute Gasteiger partial charge is 0.147 e. The fraction of sp³-hybridized carbons (Fsp3) is 0.167. The highest BCUT2D eigenvalue weighted by Crippen LogP contribution is 2.37. The minimum absolute atomic E-state index is 0.174. The van der Waals surface area contributed by atoms with Gasteiger partial charge in [-0.2, -0.15) is 0 Å². The lowest BCUT2D eigenvalue weighted by Gasteiger charge is -2.23. The number of hydrogen-bond donors (Lipinski definition) is 2. The molecule has 0 saturated carbocycles. The van der Waals surface area contributed by atoms with Crippen molar-refractivity contribution in [1.29, 1.82) is 0 Å². The second-order valence-corrected chi connectivity index (χ2v) is 7.05. The lowest BCUT2D eigenvalue weighted by Crippen LogP contribution is -2.14. The van der Waals surface area contributed by atoms with Gasteiger partial charge >= 0.3 is 0 Å². The molecule has 0 aliphatic rings. The predicted octanol–water partition coefficient (Wildman–Crippen LogP) is 5.16. The van der Waals surface area contributed by atoms with Crippen LogP contribution < -0.4 is 10.1 Å². The first-order valence-electron chi connectivity index (χ1n) is 9.48. The molecular weight excluding hydrogens is 362 g/mol. The van der Waals surface area contributed by atoms with Crippen molar-refractivity contribution in [3.8, 4) is 11.5 Å². The van der Waals surface area contributed by atoms with E-state index in [9.17, 15) is 5.11 Å². The van der Waals surface area contributed by atoms with Gasteiger partial charge in [-0.15, -0.1) is 0 Å². The molecule has 0 spiro atoms. The van der Waals surface area contributed by atoms with Crippen molar-refractivity contribution in [2.24, 2.45) is 0 Å². The number of fused-ring (bicyclic) bond motifs is 1. The average molecular weight is 385 g/mol. The number of aromatic hydroxyl groups is 1. The highest BCUT2D eigenvalue weighted by atomic mass is 16.5. The summed E-state index contributed by atoms with van der Waals surface area (Å²) in [6.45, 7) is 3.92. The van der Waals surface area contributed by atoms with Crippen molar-refractivity contribution in [3.63, 3.8) is 0 Å². The predicted molar refractivity (Wildman–Crippen MR) is 116 cm³/mol. The van der Waals surface area contributed by atoms with Crippen LogP contribution >= 0.6 is 0 Å². The van der Waals surface area contributed by atoms with Gasteiger partial charge in [0.15, 0.2) is 0 Å². The van der Waals surface area contributed by atoms with Crippen LogP contribution in [0, 0.1) is 13.8 Å². The van der Waals surface area contributed by atoms with Gasteiger partial charge in [-0.25, -0.2) is 9.97 Å². The maximum Gasteiger partial charge on any atom is 0.147 e. The van der Waals surface area contributed by atoms with Crippen LogP contribution in [0.1, 0.15) is 28.4 Å². The van der Waals surface area contributed by atoms with Crippen molar-refractivity contribution in [3.05, 3.63) is 89.2 Å². The SMILES string of the molecule is COc1ccc(C(Nc2ccccn2)c2ccc3ccc(C)nc3c2O)cc1C. The Labute approximate surface area is 170 Å². The van der Waals surface area contributed by atoms with Crippen LogP contribution in [-0.4, -0.2) is 22.2 Å². The van der Waals surface area contributed by atoms with E-state index in [4.69, 9.17) is 4.74 Å². The number of anilines is 1. The van der Waals surface area contributed by atoms with E-state index in [0.717, 1.165) is 39.3 Å². The molecule has 5 nitrogen and oxygen atoms in total. The number of phenolic OH excluding ortho intramolecular Hbond substituents is 1. The van der Waals surface area contributed by atoms with Crippen LogP contribution in [0.2, 0.25) is 0 Å². The molecular formula is C24H23N3O2. The summed E-state index contributed by atoms with van der Waals surface area (Å²) in [6, 6.07) is 19.2. The Balaban J connectivity index is 1.87. The Bertz CT molecular complexity index is 1160. The normalized spacial score (nSPS) is 12.0. The molecule has 0 radical (unpaired) electrons. The lowest BCUT2D eigenvalue weighted by atomic mass is 9.95. The van der Waals surface area contributed by atoms with Gasteiger partial charge in [0.25, 0.3) is 0 Å². The molecule has 1 atom stereocenters. The average Bonchev–Trinajstić information content (AvgIpc) is 2.74. The number of aryl methyl sites for hydroxylation is 2. The Morgan fingerprint density at radius 2 is 1.83 bits per heavy atom. The molecule has 29 heavy (non-hydrogen) atoms. The highest BCUT2D eigenvalue weighted by molar-refractivity contribution is 5.86. The first-order valence-corrected chi connectivity index (χ1v) is 9.48. The van der Waals surface area contributed by atoms with E-state index < -0.39 is 0 Å². The monoisotopic (exact) mass is 385 g/mol. The van der Waals surface area contributed by atoms with Crippen molar-refractivity contribution in [1.82, 2.24) is 9.97 Å². The molecule has 0 saturated heterocycles. The van der Waals surface area contributed by atoms with Crippen LogP contribution in [0.4, 0.5) is 5.82 Å². The number of aromatic nitrogens is 2. The quantitative estimate of drug-likeness (QED) is 0.496. The third-order valence-electron chi connectivity index (χ3n) is 5.03. The molecule has 2 N–H and O–H groups in total. The van der Waals surface area contributed by atoms with Gasteiger partial charge in [0.05, 0.1) is 13.2 Å². The van der Waals surface area contributed by atoms with Crippen molar-refractivity contribution >= 4 is 16.7 Å². The highest BCUT2D eigenvalue weighted by Gasteiger charge is 2.21. The number of ether oxygens (including phenoxy) is 1. The molecule has 0 aliphatic heterocycles. The first kappa shape index (κ1) is 18.7. The standard InChI is InChI=1S/C24H23N3O2/c1-15-14-18(10-12-20(15)29-3)22(27-21-6-4-5-13-25-21)19-11-9-17-8-7-16(2)26-23(17)24(19)28/h4-14,22,28H,1-3H3,(H,25,27). The summed E-state index contributed by atoms with van der Waals surface area (Å²) < 4.78 is 5.41. The van der Waals surface area contributed by atoms with Gasteiger partial charge in [0.1, 0.15) is 22.8 Å². The van der Waals surface area contributed by atoms with Crippen LogP contribution in [-0.2, 0) is 0 Å². The Morgan fingerprint density at radius 3 is 2.55 bits per heavy atom. The molecule has 0 fully saturated rings. The fourth-order valence-electron chi connectivity index (χ4n) is 3.54. The molecule has 146 valence electrons. The summed E-state index contributed by atoms with van der Waals surface area (Å²) >= 11 is 0. The molecule has 0 amide bonds.